The molecule has 0 saturated carbocycles. The summed E-state index contributed by atoms with van der Waals surface area (Å²) >= 11 is 1.64. The fourth-order valence-electron chi connectivity index (χ4n) is 2.64. The summed E-state index contributed by atoms with van der Waals surface area (Å²) in [5.41, 5.74) is 1.04. The molecule has 0 aromatic carbocycles. The molecule has 2 aromatic rings. The van der Waals surface area contributed by atoms with Gasteiger partial charge in [-0.15, -0.1) is 11.3 Å². The Morgan fingerprint density at radius 3 is 2.58 bits per heavy atom. The molecular weight excluding hydrogens is 324 g/mol. The Kier molecular flexibility index (Phi) is 4.94. The second kappa shape index (κ2) is 7.12. The molecule has 7 nitrogen and oxygen atoms in total. The second-order valence-corrected chi connectivity index (χ2v) is 7.13. The Balaban J connectivity index is 1.50. The summed E-state index contributed by atoms with van der Waals surface area (Å²) < 4.78 is 0. The van der Waals surface area contributed by atoms with Gasteiger partial charge in [-0.05, 0) is 26.8 Å². The maximum atomic E-state index is 12.3. The lowest BCUT2D eigenvalue weighted by molar-refractivity contribution is 0.194. The van der Waals surface area contributed by atoms with Crippen LogP contribution in [0.3, 0.4) is 0 Å². The molecular formula is C16H22N6OS. The SMILES string of the molecule is Cc1nccc(N2CCN(C(=O)NCc3nc(C)c(C)s3)CC2)n1. The molecule has 1 aliphatic heterocycles. The van der Waals surface area contributed by atoms with Crippen molar-refractivity contribution in [3.8, 4) is 0 Å². The summed E-state index contributed by atoms with van der Waals surface area (Å²) in [6.45, 7) is 9.34. The minimum Gasteiger partial charge on any atom is -0.353 e. The molecule has 1 saturated heterocycles. The Bertz CT molecular complexity index is 704. The third kappa shape index (κ3) is 3.81. The number of carbonyl (C=O) groups is 1. The van der Waals surface area contributed by atoms with Gasteiger partial charge in [0.2, 0.25) is 0 Å². The van der Waals surface area contributed by atoms with Gasteiger partial charge in [0.1, 0.15) is 16.6 Å². The van der Waals surface area contributed by atoms with Gasteiger partial charge < -0.3 is 15.1 Å². The van der Waals surface area contributed by atoms with Gasteiger partial charge in [-0.2, -0.15) is 0 Å². The van der Waals surface area contributed by atoms with E-state index in [1.807, 2.05) is 31.7 Å². The van der Waals surface area contributed by atoms with E-state index in [2.05, 4.69) is 25.2 Å². The Morgan fingerprint density at radius 1 is 1.21 bits per heavy atom. The maximum absolute atomic E-state index is 12.3. The molecule has 1 N–H and O–H groups in total. The molecule has 2 aromatic heterocycles. The molecule has 0 spiro atoms. The number of nitrogens with one attached hydrogen (secondary N) is 1. The highest BCUT2D eigenvalue weighted by Gasteiger charge is 2.22. The molecule has 3 heterocycles. The topological polar surface area (TPSA) is 74.2 Å². The van der Waals surface area contributed by atoms with Crippen LogP contribution in [0.2, 0.25) is 0 Å². The Labute approximate surface area is 145 Å². The zero-order valence-electron chi connectivity index (χ0n) is 14.2. The molecule has 1 aliphatic rings. The summed E-state index contributed by atoms with van der Waals surface area (Å²) in [5.74, 6) is 1.69. The number of rotatable bonds is 3. The number of hydrogen-bond acceptors (Lipinski definition) is 6. The highest BCUT2D eigenvalue weighted by molar-refractivity contribution is 7.11. The molecule has 2 amide bonds. The van der Waals surface area contributed by atoms with Crippen molar-refractivity contribution in [3.63, 3.8) is 0 Å². The van der Waals surface area contributed by atoms with Gasteiger partial charge in [-0.25, -0.2) is 19.7 Å². The number of thiazole rings is 1. The lowest BCUT2D eigenvalue weighted by Gasteiger charge is -2.35. The number of amides is 2. The van der Waals surface area contributed by atoms with Crippen molar-refractivity contribution in [1.82, 2.24) is 25.2 Å². The molecule has 0 radical (unpaired) electrons. The first kappa shape index (κ1) is 16.6. The lowest BCUT2D eigenvalue weighted by Crippen LogP contribution is -2.51. The van der Waals surface area contributed by atoms with Crippen LogP contribution < -0.4 is 10.2 Å². The van der Waals surface area contributed by atoms with Crippen LogP contribution in [0.5, 0.6) is 0 Å². The highest BCUT2D eigenvalue weighted by Crippen LogP contribution is 2.16. The Hall–Kier alpha value is -2.22. The second-order valence-electron chi connectivity index (χ2n) is 5.84. The quantitative estimate of drug-likeness (QED) is 0.919. The summed E-state index contributed by atoms with van der Waals surface area (Å²) in [6.07, 6.45) is 1.77. The monoisotopic (exact) mass is 346 g/mol. The van der Waals surface area contributed by atoms with Gasteiger partial charge in [-0.3, -0.25) is 0 Å². The van der Waals surface area contributed by atoms with Crippen LogP contribution >= 0.6 is 11.3 Å². The van der Waals surface area contributed by atoms with E-state index in [0.717, 1.165) is 35.4 Å². The van der Waals surface area contributed by atoms with Crippen LogP contribution in [0.25, 0.3) is 0 Å². The molecule has 0 atom stereocenters. The number of hydrogen-bond donors (Lipinski definition) is 1. The number of piperazine rings is 1. The van der Waals surface area contributed by atoms with Gasteiger partial charge in [0.25, 0.3) is 0 Å². The van der Waals surface area contributed by atoms with Crippen LogP contribution in [0.1, 0.15) is 21.4 Å². The maximum Gasteiger partial charge on any atom is 0.317 e. The normalized spacial score (nSPS) is 14.8. The van der Waals surface area contributed by atoms with Gasteiger partial charge >= 0.3 is 6.03 Å². The smallest absolute Gasteiger partial charge is 0.317 e. The van der Waals surface area contributed by atoms with E-state index in [4.69, 9.17) is 0 Å². The van der Waals surface area contributed by atoms with Crippen LogP contribution in [0.15, 0.2) is 12.3 Å². The van der Waals surface area contributed by atoms with Crippen molar-refractivity contribution in [2.75, 3.05) is 31.1 Å². The fraction of sp³-hybridized carbons (Fsp3) is 0.500. The van der Waals surface area contributed by atoms with Crippen molar-refractivity contribution in [1.29, 1.82) is 0 Å². The number of aryl methyl sites for hydroxylation is 3. The molecule has 24 heavy (non-hydrogen) atoms. The average Bonchev–Trinajstić information content (AvgIpc) is 2.91. The van der Waals surface area contributed by atoms with Crippen LogP contribution in [-0.2, 0) is 6.54 Å². The zero-order chi connectivity index (χ0) is 17.1. The van der Waals surface area contributed by atoms with Gasteiger partial charge in [0.15, 0.2) is 0 Å². The average molecular weight is 346 g/mol. The molecule has 128 valence electrons. The van der Waals surface area contributed by atoms with Crippen molar-refractivity contribution in [2.45, 2.75) is 27.3 Å². The number of urea groups is 1. The minimum absolute atomic E-state index is 0.0287. The van der Waals surface area contributed by atoms with Crippen LogP contribution in [0.4, 0.5) is 10.6 Å². The number of aromatic nitrogens is 3. The fourth-order valence-corrected chi connectivity index (χ4v) is 3.51. The molecule has 0 bridgehead atoms. The molecule has 1 fully saturated rings. The van der Waals surface area contributed by atoms with E-state index in [-0.39, 0.29) is 6.03 Å². The van der Waals surface area contributed by atoms with Gasteiger partial charge in [0.05, 0.1) is 12.2 Å². The third-order valence-corrected chi connectivity index (χ3v) is 5.19. The van der Waals surface area contributed by atoms with Crippen molar-refractivity contribution >= 4 is 23.2 Å². The highest BCUT2D eigenvalue weighted by atomic mass is 32.1. The van der Waals surface area contributed by atoms with E-state index in [9.17, 15) is 4.79 Å². The van der Waals surface area contributed by atoms with Crippen molar-refractivity contribution in [3.05, 3.63) is 33.7 Å². The number of anilines is 1. The van der Waals surface area contributed by atoms with E-state index in [1.54, 1.807) is 17.5 Å². The molecule has 8 heteroatoms. The summed E-state index contributed by atoms with van der Waals surface area (Å²) in [7, 11) is 0. The minimum atomic E-state index is -0.0287. The first-order chi connectivity index (χ1) is 11.5. The largest absolute Gasteiger partial charge is 0.353 e. The molecule has 0 unspecified atom stereocenters. The molecule has 0 aliphatic carbocycles. The van der Waals surface area contributed by atoms with Gasteiger partial charge in [0, 0.05) is 37.3 Å². The van der Waals surface area contributed by atoms with Gasteiger partial charge in [-0.1, -0.05) is 0 Å². The number of carbonyl (C=O) groups excluding carboxylic acids is 1. The predicted molar refractivity (Wildman–Crippen MR) is 94.4 cm³/mol. The van der Waals surface area contributed by atoms with E-state index >= 15 is 0 Å². The van der Waals surface area contributed by atoms with Crippen molar-refractivity contribution < 1.29 is 4.79 Å². The van der Waals surface area contributed by atoms with Crippen LogP contribution in [0, 0.1) is 20.8 Å². The first-order valence-electron chi connectivity index (χ1n) is 8.03. The van der Waals surface area contributed by atoms with E-state index in [1.165, 1.54) is 4.88 Å². The Morgan fingerprint density at radius 2 is 1.96 bits per heavy atom. The van der Waals surface area contributed by atoms with Crippen molar-refractivity contribution in [2.24, 2.45) is 0 Å². The lowest BCUT2D eigenvalue weighted by atomic mass is 10.3. The van der Waals surface area contributed by atoms with Crippen LogP contribution in [-0.4, -0.2) is 52.1 Å². The third-order valence-electron chi connectivity index (χ3n) is 4.12. The standard InChI is InChI=1S/C16H22N6OS/c1-11-12(2)24-15(19-11)10-18-16(23)22-8-6-21(7-9-22)14-4-5-17-13(3)20-14/h4-5H,6-10H2,1-3H3,(H,18,23). The first-order valence-corrected chi connectivity index (χ1v) is 8.85. The number of nitrogens with zero attached hydrogens (tertiary/aromatic N) is 5. The summed E-state index contributed by atoms with van der Waals surface area (Å²) in [6, 6.07) is 1.88. The molecule has 3 rings (SSSR count). The summed E-state index contributed by atoms with van der Waals surface area (Å²) in [5, 5.41) is 3.92. The van der Waals surface area contributed by atoms with E-state index in [0.29, 0.717) is 19.6 Å². The van der Waals surface area contributed by atoms with E-state index < -0.39 is 0 Å². The zero-order valence-corrected chi connectivity index (χ0v) is 15.1. The summed E-state index contributed by atoms with van der Waals surface area (Å²) in [4.78, 5) is 30.6. The predicted octanol–water partition coefficient (Wildman–Crippen LogP) is 1.89.